The van der Waals surface area contributed by atoms with Crippen molar-refractivity contribution in [2.45, 2.75) is 167 Å². The second-order valence-electron chi connectivity index (χ2n) is 14.4. The molecule has 3 atom stereocenters. The Bertz CT molecular complexity index is 1380. The zero-order chi connectivity index (χ0) is 44.2. The summed E-state index contributed by atoms with van der Waals surface area (Å²) in [5.74, 6) is -2.51. The number of ether oxygens (including phenoxy) is 2. The van der Waals surface area contributed by atoms with Gasteiger partial charge in [-0.2, -0.15) is 0 Å². The number of carbonyl (C=O) groups excluding carboxylic acids is 2. The Balaban J connectivity index is 4.50. The average molecular weight is 860 g/mol. The molecule has 0 saturated carbocycles. The van der Waals surface area contributed by atoms with Gasteiger partial charge in [-0.25, -0.2) is 4.57 Å². The number of carboxylic acid groups (broad SMARTS) is 1. The molecule has 11 nitrogen and oxygen atoms in total. The molecule has 0 aliphatic heterocycles. The second-order valence-corrected chi connectivity index (χ2v) is 15.9. The Morgan fingerprint density at radius 2 is 0.967 bits per heavy atom. The van der Waals surface area contributed by atoms with Crippen molar-refractivity contribution >= 4 is 25.7 Å². The van der Waals surface area contributed by atoms with Crippen molar-refractivity contribution in [3.63, 3.8) is 0 Å². The van der Waals surface area contributed by atoms with E-state index in [4.69, 9.17) is 24.8 Å². The standard InChI is InChI=1S/C48H78NO10P/c1-3-5-7-9-11-13-15-17-19-21-22-24-25-27-29-31-33-35-37-39-46(50)56-41-44(42-57-60(54,55)58-43-45(49)48(52)53)59-47(51)40-38-36-34-32-30-28-26-23-20-18-16-14-12-10-8-6-4-2/h5,7,11-14,17-20,22,24,27,29,33,35,44-45H,3-4,6,8-10,15-16,21,23,25-26,28,30-32,34,36-43,49H2,1-2H3,(H,52,53)(H,54,55)/b7-5+,13-11+,14-12+,19-17+,20-18+,24-22+,29-27+,35-33+/t44-,45+/m1/s1. The van der Waals surface area contributed by atoms with Crippen molar-refractivity contribution in [1.82, 2.24) is 0 Å². The summed E-state index contributed by atoms with van der Waals surface area (Å²) in [6.45, 7) is 2.56. The number of allylic oxidation sites excluding steroid dienone is 16. The van der Waals surface area contributed by atoms with Crippen LogP contribution in [0.1, 0.15) is 155 Å². The minimum Gasteiger partial charge on any atom is -0.480 e. The summed E-state index contributed by atoms with van der Waals surface area (Å²) < 4.78 is 32.6. The molecule has 0 radical (unpaired) electrons. The quantitative estimate of drug-likeness (QED) is 0.0232. The molecule has 0 rings (SSSR count). The minimum absolute atomic E-state index is 0.0892. The number of nitrogens with two attached hydrogens (primary N) is 1. The largest absolute Gasteiger partial charge is 0.480 e. The molecule has 0 aromatic rings. The molecule has 12 heteroatoms. The Morgan fingerprint density at radius 1 is 0.533 bits per heavy atom. The molecule has 0 aliphatic rings. The lowest BCUT2D eigenvalue weighted by Crippen LogP contribution is -2.34. The molecule has 60 heavy (non-hydrogen) atoms. The van der Waals surface area contributed by atoms with Gasteiger partial charge >= 0.3 is 25.7 Å². The van der Waals surface area contributed by atoms with Crippen LogP contribution >= 0.6 is 7.82 Å². The number of esters is 2. The van der Waals surface area contributed by atoms with E-state index in [0.29, 0.717) is 12.8 Å². The lowest BCUT2D eigenvalue weighted by Gasteiger charge is -2.20. The molecule has 0 saturated heterocycles. The van der Waals surface area contributed by atoms with E-state index in [1.54, 1.807) is 0 Å². The minimum atomic E-state index is -4.74. The molecule has 0 bridgehead atoms. The van der Waals surface area contributed by atoms with Crippen molar-refractivity contribution < 1.29 is 47.5 Å². The highest BCUT2D eigenvalue weighted by Gasteiger charge is 2.28. The molecule has 0 amide bonds. The zero-order valence-electron chi connectivity index (χ0n) is 36.8. The van der Waals surface area contributed by atoms with Crippen molar-refractivity contribution in [1.29, 1.82) is 0 Å². The van der Waals surface area contributed by atoms with Crippen LogP contribution in [0.15, 0.2) is 97.2 Å². The summed E-state index contributed by atoms with van der Waals surface area (Å²) in [6, 6.07) is -1.54. The maximum Gasteiger partial charge on any atom is 0.472 e. The Hall–Kier alpha value is -3.60. The molecule has 0 heterocycles. The van der Waals surface area contributed by atoms with Crippen LogP contribution in [0.2, 0.25) is 0 Å². The molecule has 0 aromatic carbocycles. The number of carboxylic acids is 1. The van der Waals surface area contributed by atoms with Gasteiger partial charge in [0.05, 0.1) is 13.2 Å². The third-order valence-electron chi connectivity index (χ3n) is 8.83. The van der Waals surface area contributed by atoms with E-state index < -0.39 is 57.7 Å². The lowest BCUT2D eigenvalue weighted by atomic mass is 10.1. The van der Waals surface area contributed by atoms with Gasteiger partial charge in [-0.05, 0) is 83.5 Å². The third-order valence-corrected chi connectivity index (χ3v) is 9.78. The van der Waals surface area contributed by atoms with E-state index in [1.807, 2.05) is 12.2 Å². The van der Waals surface area contributed by atoms with E-state index in [2.05, 4.69) is 103 Å². The summed E-state index contributed by atoms with van der Waals surface area (Å²) in [5, 5.41) is 8.89. The predicted octanol–water partition coefficient (Wildman–Crippen LogP) is 12.1. The van der Waals surface area contributed by atoms with Gasteiger partial charge in [0.15, 0.2) is 6.10 Å². The van der Waals surface area contributed by atoms with E-state index in [9.17, 15) is 23.8 Å². The first-order valence-corrected chi connectivity index (χ1v) is 23.8. The Kier molecular flexibility index (Phi) is 39.6. The summed E-state index contributed by atoms with van der Waals surface area (Å²) >= 11 is 0. The molecular formula is C48H78NO10P. The molecule has 0 aliphatic carbocycles. The van der Waals surface area contributed by atoms with E-state index in [1.165, 1.54) is 32.1 Å². The van der Waals surface area contributed by atoms with Gasteiger partial charge in [0.25, 0.3) is 0 Å². The van der Waals surface area contributed by atoms with Crippen LogP contribution in [0.5, 0.6) is 0 Å². The summed E-state index contributed by atoms with van der Waals surface area (Å²) in [5.41, 5.74) is 5.33. The van der Waals surface area contributed by atoms with Gasteiger partial charge in [-0.15, -0.1) is 0 Å². The van der Waals surface area contributed by atoms with Crippen LogP contribution in [0, 0.1) is 0 Å². The molecule has 0 spiro atoms. The van der Waals surface area contributed by atoms with Crippen LogP contribution < -0.4 is 5.73 Å². The van der Waals surface area contributed by atoms with Gasteiger partial charge in [-0.3, -0.25) is 23.4 Å². The molecule has 340 valence electrons. The first-order chi connectivity index (χ1) is 29.1. The van der Waals surface area contributed by atoms with Crippen LogP contribution in [0.25, 0.3) is 0 Å². The molecular weight excluding hydrogens is 781 g/mol. The Morgan fingerprint density at radius 3 is 1.47 bits per heavy atom. The van der Waals surface area contributed by atoms with Crippen molar-refractivity contribution in [2.75, 3.05) is 19.8 Å². The third kappa shape index (κ3) is 41.1. The summed E-state index contributed by atoms with van der Waals surface area (Å²) in [4.78, 5) is 46.0. The zero-order valence-corrected chi connectivity index (χ0v) is 37.6. The Labute approximate surface area is 362 Å². The topological polar surface area (TPSA) is 172 Å². The van der Waals surface area contributed by atoms with Crippen LogP contribution in [0.4, 0.5) is 0 Å². The fraction of sp³-hybridized carbons (Fsp3) is 0.604. The normalized spacial score (nSPS) is 14.6. The van der Waals surface area contributed by atoms with Gasteiger partial charge in [0.2, 0.25) is 0 Å². The number of carbonyl (C=O) groups is 3. The van der Waals surface area contributed by atoms with E-state index in [-0.39, 0.29) is 12.8 Å². The SMILES string of the molecule is CC/C=C/C/C=C/C/C=C/C/C=C/C/C=C/C/C=C/CCC(=O)OC[C@H](COP(=O)(O)OC[C@H](N)C(=O)O)OC(=O)CCCCCCCCC/C=C/C/C=C/CCCCC. The van der Waals surface area contributed by atoms with Gasteiger partial charge in [0.1, 0.15) is 12.6 Å². The highest BCUT2D eigenvalue weighted by Crippen LogP contribution is 2.43. The number of aliphatic carboxylic acids is 1. The van der Waals surface area contributed by atoms with Crippen LogP contribution in [0.3, 0.4) is 0 Å². The second kappa shape index (κ2) is 42.1. The van der Waals surface area contributed by atoms with Crippen molar-refractivity contribution in [2.24, 2.45) is 5.73 Å². The highest BCUT2D eigenvalue weighted by molar-refractivity contribution is 7.47. The smallest absolute Gasteiger partial charge is 0.472 e. The highest BCUT2D eigenvalue weighted by atomic mass is 31.2. The molecule has 4 N–H and O–H groups in total. The van der Waals surface area contributed by atoms with Crippen molar-refractivity contribution in [3.8, 4) is 0 Å². The van der Waals surface area contributed by atoms with Gasteiger partial charge in [0, 0.05) is 12.8 Å². The number of unbranched alkanes of at least 4 members (excludes halogenated alkanes) is 10. The van der Waals surface area contributed by atoms with Crippen molar-refractivity contribution in [3.05, 3.63) is 97.2 Å². The summed E-state index contributed by atoms with van der Waals surface area (Å²) in [6.07, 6.45) is 53.4. The molecule has 0 fully saturated rings. The fourth-order valence-electron chi connectivity index (χ4n) is 5.35. The maximum atomic E-state index is 12.6. The number of phosphoric ester groups is 1. The van der Waals surface area contributed by atoms with Crippen LogP contribution in [-0.4, -0.2) is 59.9 Å². The first kappa shape index (κ1) is 56.4. The van der Waals surface area contributed by atoms with Gasteiger partial charge < -0.3 is 25.2 Å². The molecule has 1 unspecified atom stereocenters. The van der Waals surface area contributed by atoms with E-state index >= 15 is 0 Å². The number of hydrogen-bond donors (Lipinski definition) is 3. The molecule has 0 aromatic heterocycles. The number of rotatable bonds is 40. The van der Waals surface area contributed by atoms with E-state index in [0.717, 1.165) is 83.5 Å². The van der Waals surface area contributed by atoms with Gasteiger partial charge in [-0.1, -0.05) is 156 Å². The lowest BCUT2D eigenvalue weighted by molar-refractivity contribution is -0.161. The number of phosphoric acid groups is 1. The van der Waals surface area contributed by atoms with Crippen LogP contribution in [-0.2, 0) is 37.5 Å². The summed E-state index contributed by atoms with van der Waals surface area (Å²) in [7, 11) is -4.74. The fourth-order valence-corrected chi connectivity index (χ4v) is 6.13. The average Bonchev–Trinajstić information content (AvgIpc) is 3.22. The first-order valence-electron chi connectivity index (χ1n) is 22.3. The maximum absolute atomic E-state index is 12.6. The predicted molar refractivity (Wildman–Crippen MR) is 244 cm³/mol. The number of hydrogen-bond acceptors (Lipinski definition) is 9. The monoisotopic (exact) mass is 860 g/mol.